The van der Waals surface area contributed by atoms with Crippen molar-refractivity contribution in [1.82, 2.24) is 19.7 Å². The van der Waals surface area contributed by atoms with Crippen LogP contribution in [0.15, 0.2) is 12.4 Å². The molecule has 7 nitrogen and oxygen atoms in total. The van der Waals surface area contributed by atoms with E-state index in [2.05, 4.69) is 19.9 Å². The Labute approximate surface area is 97.6 Å². The highest BCUT2D eigenvalue weighted by molar-refractivity contribution is 5.92. The topological polar surface area (TPSA) is 98.8 Å². The Morgan fingerprint density at radius 1 is 1.65 bits per heavy atom. The zero-order valence-corrected chi connectivity index (χ0v) is 9.60. The minimum atomic E-state index is -0.542. The molecule has 17 heavy (non-hydrogen) atoms. The summed E-state index contributed by atoms with van der Waals surface area (Å²) in [5.41, 5.74) is 6.77. The molecule has 0 radical (unpaired) electrons. The number of nitrogens with zero attached hydrogens (tertiary/aromatic N) is 3. The van der Waals surface area contributed by atoms with Crippen molar-refractivity contribution in [2.24, 2.45) is 0 Å². The van der Waals surface area contributed by atoms with Gasteiger partial charge in [0.1, 0.15) is 11.6 Å². The average molecular weight is 235 g/mol. The van der Waals surface area contributed by atoms with Gasteiger partial charge >= 0.3 is 5.97 Å². The molecule has 0 atom stereocenters. The lowest BCUT2D eigenvalue weighted by Gasteiger charge is -2.04. The van der Waals surface area contributed by atoms with Crippen LogP contribution in [0.5, 0.6) is 0 Å². The molecule has 0 saturated carbocycles. The Bertz CT molecular complexity index is 529. The number of ether oxygens (including phenoxy) is 1. The Kier molecular flexibility index (Phi) is 2.82. The second-order valence-electron chi connectivity index (χ2n) is 3.40. The fourth-order valence-corrected chi connectivity index (χ4v) is 1.62. The first kappa shape index (κ1) is 11.2. The molecule has 0 unspecified atom stereocenters. The number of carbonyl (C=O) groups is 1. The Hall–Kier alpha value is -2.31. The number of hydrogen-bond acceptors (Lipinski definition) is 5. The maximum absolute atomic E-state index is 11.5. The third kappa shape index (κ3) is 1.75. The molecule has 0 saturated heterocycles. The van der Waals surface area contributed by atoms with E-state index in [9.17, 15) is 4.79 Å². The van der Waals surface area contributed by atoms with Crippen molar-refractivity contribution in [3.63, 3.8) is 0 Å². The molecule has 0 aromatic carbocycles. The minimum Gasteiger partial charge on any atom is -0.464 e. The minimum absolute atomic E-state index is 0.130. The van der Waals surface area contributed by atoms with Crippen molar-refractivity contribution < 1.29 is 9.53 Å². The molecule has 7 heteroatoms. The van der Waals surface area contributed by atoms with E-state index in [-0.39, 0.29) is 11.5 Å². The molecule has 0 amide bonds. The number of aromatic amines is 1. The number of H-pyrrole nitrogens is 1. The summed E-state index contributed by atoms with van der Waals surface area (Å²) in [6, 6.07) is 0. The molecular formula is C10H13N5O2. The standard InChI is InChI=1S/C10H13N5O2/c1-3-7-14-8(10(16)17-2)9(11)15(7)6-4-12-13-5-6/h4-5H,3,11H2,1-2H3,(H,12,13). The van der Waals surface area contributed by atoms with E-state index in [1.807, 2.05) is 6.92 Å². The summed E-state index contributed by atoms with van der Waals surface area (Å²) in [5, 5.41) is 6.53. The third-order valence-electron chi connectivity index (χ3n) is 2.42. The van der Waals surface area contributed by atoms with Crippen LogP contribution in [0.4, 0.5) is 5.82 Å². The van der Waals surface area contributed by atoms with E-state index < -0.39 is 5.97 Å². The summed E-state index contributed by atoms with van der Waals surface area (Å²) in [7, 11) is 1.30. The van der Waals surface area contributed by atoms with Gasteiger partial charge < -0.3 is 10.5 Å². The van der Waals surface area contributed by atoms with Crippen molar-refractivity contribution in [1.29, 1.82) is 0 Å². The van der Waals surface area contributed by atoms with Crippen LogP contribution in [-0.4, -0.2) is 32.8 Å². The first-order chi connectivity index (χ1) is 8.19. The lowest BCUT2D eigenvalue weighted by atomic mass is 10.4. The van der Waals surface area contributed by atoms with Crippen LogP contribution in [0.3, 0.4) is 0 Å². The number of aryl methyl sites for hydroxylation is 1. The van der Waals surface area contributed by atoms with Crippen LogP contribution in [-0.2, 0) is 11.2 Å². The maximum atomic E-state index is 11.5. The number of methoxy groups -OCH3 is 1. The van der Waals surface area contributed by atoms with E-state index in [0.29, 0.717) is 12.2 Å². The smallest absolute Gasteiger partial charge is 0.360 e. The van der Waals surface area contributed by atoms with Gasteiger partial charge in [-0.05, 0) is 0 Å². The number of anilines is 1. The van der Waals surface area contributed by atoms with Gasteiger partial charge in [-0.1, -0.05) is 6.92 Å². The van der Waals surface area contributed by atoms with E-state index in [1.165, 1.54) is 7.11 Å². The zero-order chi connectivity index (χ0) is 12.4. The van der Waals surface area contributed by atoms with Gasteiger partial charge in [-0.15, -0.1) is 0 Å². The summed E-state index contributed by atoms with van der Waals surface area (Å²) < 4.78 is 6.31. The van der Waals surface area contributed by atoms with Gasteiger partial charge in [0.05, 0.1) is 19.0 Å². The van der Waals surface area contributed by atoms with Crippen LogP contribution in [0.1, 0.15) is 23.2 Å². The molecule has 0 fully saturated rings. The van der Waals surface area contributed by atoms with E-state index in [1.54, 1.807) is 17.0 Å². The van der Waals surface area contributed by atoms with Crippen molar-refractivity contribution in [3.8, 4) is 5.69 Å². The molecule has 0 aliphatic heterocycles. The predicted molar refractivity (Wildman–Crippen MR) is 60.8 cm³/mol. The highest BCUT2D eigenvalue weighted by Gasteiger charge is 2.21. The summed E-state index contributed by atoms with van der Waals surface area (Å²) >= 11 is 0. The fraction of sp³-hybridized carbons (Fsp3) is 0.300. The monoisotopic (exact) mass is 235 g/mol. The molecule has 0 aliphatic rings. The molecule has 0 spiro atoms. The Morgan fingerprint density at radius 3 is 2.94 bits per heavy atom. The zero-order valence-electron chi connectivity index (χ0n) is 9.60. The van der Waals surface area contributed by atoms with E-state index in [4.69, 9.17) is 5.73 Å². The predicted octanol–water partition coefficient (Wildman–Crippen LogP) is 0.527. The second kappa shape index (κ2) is 4.28. The molecule has 90 valence electrons. The molecule has 0 aliphatic carbocycles. The average Bonchev–Trinajstić information content (AvgIpc) is 2.95. The number of carbonyl (C=O) groups excluding carboxylic acids is 1. The quantitative estimate of drug-likeness (QED) is 0.756. The van der Waals surface area contributed by atoms with Gasteiger partial charge in [0.15, 0.2) is 5.69 Å². The number of nitrogens with two attached hydrogens (primary N) is 1. The molecule has 0 bridgehead atoms. The van der Waals surface area contributed by atoms with Crippen LogP contribution in [0, 0.1) is 0 Å². The maximum Gasteiger partial charge on any atom is 0.360 e. The van der Waals surface area contributed by atoms with E-state index >= 15 is 0 Å². The van der Waals surface area contributed by atoms with Gasteiger partial charge in [-0.3, -0.25) is 9.67 Å². The molecule has 2 rings (SSSR count). The normalized spacial score (nSPS) is 10.5. The molecule has 2 aromatic heterocycles. The third-order valence-corrected chi connectivity index (χ3v) is 2.42. The van der Waals surface area contributed by atoms with Crippen molar-refractivity contribution in [2.75, 3.05) is 12.8 Å². The Balaban J connectivity index is 2.59. The van der Waals surface area contributed by atoms with Gasteiger partial charge in [-0.25, -0.2) is 9.78 Å². The molecule has 2 heterocycles. The highest BCUT2D eigenvalue weighted by atomic mass is 16.5. The lowest BCUT2D eigenvalue weighted by molar-refractivity contribution is 0.0596. The van der Waals surface area contributed by atoms with Gasteiger partial charge in [-0.2, -0.15) is 5.10 Å². The Morgan fingerprint density at radius 2 is 2.41 bits per heavy atom. The summed E-state index contributed by atoms with van der Waals surface area (Å²) in [6.07, 6.45) is 3.93. The number of aromatic nitrogens is 4. The molecular weight excluding hydrogens is 222 g/mol. The highest BCUT2D eigenvalue weighted by Crippen LogP contribution is 2.21. The van der Waals surface area contributed by atoms with Crippen molar-refractivity contribution >= 4 is 11.8 Å². The largest absolute Gasteiger partial charge is 0.464 e. The number of hydrogen-bond donors (Lipinski definition) is 2. The number of esters is 1. The number of nitrogens with one attached hydrogen (secondary N) is 1. The second-order valence-corrected chi connectivity index (χ2v) is 3.40. The van der Waals surface area contributed by atoms with Gasteiger partial charge in [0.2, 0.25) is 0 Å². The number of imidazole rings is 1. The van der Waals surface area contributed by atoms with Crippen LogP contribution in [0.2, 0.25) is 0 Å². The lowest BCUT2D eigenvalue weighted by Crippen LogP contribution is -2.07. The van der Waals surface area contributed by atoms with Crippen LogP contribution >= 0.6 is 0 Å². The molecule has 2 aromatic rings. The first-order valence-corrected chi connectivity index (χ1v) is 5.13. The van der Waals surface area contributed by atoms with Gasteiger partial charge in [0.25, 0.3) is 0 Å². The van der Waals surface area contributed by atoms with Crippen LogP contribution in [0.25, 0.3) is 5.69 Å². The SMILES string of the molecule is CCc1nc(C(=O)OC)c(N)n1-c1cn[nH]c1. The fourth-order valence-electron chi connectivity index (χ4n) is 1.62. The number of nitrogen functional groups attached to an aromatic ring is 1. The summed E-state index contributed by atoms with van der Waals surface area (Å²) in [4.78, 5) is 15.7. The summed E-state index contributed by atoms with van der Waals surface area (Å²) in [6.45, 7) is 1.93. The number of rotatable bonds is 3. The first-order valence-electron chi connectivity index (χ1n) is 5.13. The van der Waals surface area contributed by atoms with Crippen molar-refractivity contribution in [3.05, 3.63) is 23.9 Å². The van der Waals surface area contributed by atoms with E-state index in [0.717, 1.165) is 5.69 Å². The van der Waals surface area contributed by atoms with Crippen LogP contribution < -0.4 is 5.73 Å². The van der Waals surface area contributed by atoms with Gasteiger partial charge in [0, 0.05) is 12.6 Å². The molecule has 3 N–H and O–H groups in total. The summed E-state index contributed by atoms with van der Waals surface area (Å²) in [5.74, 6) is 0.402. The van der Waals surface area contributed by atoms with Crippen molar-refractivity contribution in [2.45, 2.75) is 13.3 Å².